The van der Waals surface area contributed by atoms with Crippen molar-refractivity contribution in [3.8, 4) is 5.75 Å². The third-order valence-electron chi connectivity index (χ3n) is 8.76. The van der Waals surface area contributed by atoms with Gasteiger partial charge in [-0.25, -0.2) is 19.2 Å². The van der Waals surface area contributed by atoms with Crippen LogP contribution in [0, 0.1) is 5.82 Å². The van der Waals surface area contributed by atoms with Gasteiger partial charge in [-0.05, 0) is 61.7 Å². The first-order valence-electron chi connectivity index (χ1n) is 15.4. The minimum absolute atomic E-state index is 0. The third kappa shape index (κ3) is 6.94. The minimum atomic E-state index is -0.904. The Morgan fingerprint density at radius 2 is 1.70 bits per heavy atom. The Kier molecular flexibility index (Phi) is 10.9. The monoisotopic (exact) mass is 632 g/mol. The number of phenols is 1. The fourth-order valence-electron chi connectivity index (χ4n) is 6.40. The molecule has 3 aromatic rings. The van der Waals surface area contributed by atoms with E-state index < -0.39 is 18.2 Å². The molecule has 3 atom stereocenters. The third-order valence-corrected chi connectivity index (χ3v) is 8.76. The Labute approximate surface area is 271 Å². The lowest BCUT2D eigenvalue weighted by Crippen LogP contribution is -2.76. The number of halogens is 1. The lowest BCUT2D eigenvalue weighted by Gasteiger charge is -2.55. The van der Waals surface area contributed by atoms with E-state index >= 15 is 0 Å². The number of aromatic hydroxyl groups is 1. The van der Waals surface area contributed by atoms with Crippen LogP contribution >= 0.6 is 0 Å². The first-order chi connectivity index (χ1) is 21.6. The number of carbonyl (C=O) groups excluding carboxylic acids is 3. The van der Waals surface area contributed by atoms with Crippen molar-refractivity contribution in [3.63, 3.8) is 0 Å². The zero-order valence-corrected chi connectivity index (χ0v) is 26.2. The Hall–Kier alpha value is -4.64. The molecule has 2 aliphatic heterocycles. The summed E-state index contributed by atoms with van der Waals surface area (Å²) in [5.41, 5.74) is 3.17. The van der Waals surface area contributed by atoms with Crippen molar-refractivity contribution in [1.29, 1.82) is 0 Å². The number of nitrogens with one attached hydrogen (secondary N) is 1. The summed E-state index contributed by atoms with van der Waals surface area (Å²) in [7, 11) is 1.69. The summed E-state index contributed by atoms with van der Waals surface area (Å²) < 4.78 is 14.5. The Morgan fingerprint density at radius 3 is 2.35 bits per heavy atom. The summed E-state index contributed by atoms with van der Waals surface area (Å²) in [5.74, 6) is -0.789. The van der Waals surface area contributed by atoms with E-state index in [0.717, 1.165) is 16.7 Å². The molecule has 2 N–H and O–H groups in total. The predicted molar refractivity (Wildman–Crippen MR) is 176 cm³/mol. The molecule has 246 valence electrons. The highest BCUT2D eigenvalue weighted by atomic mass is 19.1. The number of nitrogens with zero attached hydrogens (tertiary/aromatic N) is 5. The molecule has 11 heteroatoms. The largest absolute Gasteiger partial charge is 0.508 e. The van der Waals surface area contributed by atoms with E-state index in [9.17, 15) is 23.9 Å². The standard InChI is InChI=1S/C34H41FN6O4.CH4/c1-5-38(6-2)29-19-26(35)14-17-28(29)23(3)39-21-31-40(30(33(39)44)18-24-12-15-27(42)16-13-24)32(43)22-37(4)41(31)34(45)36-20-25-10-8-7-9-11-25;/h7-17,19,23,30-31,42H,5-6,18,20-22H2,1-4H3,(H,36,45);1H4/t23-,30-,31-;/m0./s1. The van der Waals surface area contributed by atoms with Gasteiger partial charge in [0.15, 0.2) is 0 Å². The zero-order chi connectivity index (χ0) is 32.2. The molecule has 2 aliphatic rings. The minimum Gasteiger partial charge on any atom is -0.508 e. The molecule has 10 nitrogen and oxygen atoms in total. The fraction of sp³-hybridized carbons (Fsp3) is 0.400. The maximum atomic E-state index is 14.5. The number of phenolic OH excluding ortho intramolecular Hbond substituents is 1. The summed E-state index contributed by atoms with van der Waals surface area (Å²) in [6, 6.07) is 18.9. The second-order valence-electron chi connectivity index (χ2n) is 11.5. The van der Waals surface area contributed by atoms with Gasteiger partial charge in [0.2, 0.25) is 11.8 Å². The van der Waals surface area contributed by atoms with Crippen molar-refractivity contribution < 1.29 is 23.9 Å². The van der Waals surface area contributed by atoms with Gasteiger partial charge in [-0.15, -0.1) is 0 Å². The van der Waals surface area contributed by atoms with E-state index in [1.807, 2.05) is 56.0 Å². The van der Waals surface area contributed by atoms with Crippen LogP contribution in [0.25, 0.3) is 0 Å². The molecule has 0 bridgehead atoms. The molecule has 0 spiro atoms. The van der Waals surface area contributed by atoms with Gasteiger partial charge in [-0.2, -0.15) is 0 Å². The van der Waals surface area contributed by atoms with Crippen LogP contribution in [-0.4, -0.2) is 88.2 Å². The number of piperazine rings is 1. The van der Waals surface area contributed by atoms with Crippen LogP contribution < -0.4 is 10.2 Å². The van der Waals surface area contributed by atoms with Crippen molar-refractivity contribution >= 4 is 23.5 Å². The number of fused-ring (bicyclic) bond motifs is 1. The number of hydrazine groups is 1. The zero-order valence-electron chi connectivity index (χ0n) is 26.2. The molecule has 3 aromatic carbocycles. The van der Waals surface area contributed by atoms with Gasteiger partial charge in [0.25, 0.3) is 0 Å². The number of hydrogen-bond donors (Lipinski definition) is 2. The normalized spacial score (nSPS) is 18.9. The van der Waals surface area contributed by atoms with Gasteiger partial charge in [0, 0.05) is 38.8 Å². The highest BCUT2D eigenvalue weighted by molar-refractivity contribution is 5.92. The van der Waals surface area contributed by atoms with Crippen molar-refractivity contribution in [1.82, 2.24) is 25.1 Å². The molecule has 0 aliphatic carbocycles. The van der Waals surface area contributed by atoms with Gasteiger partial charge in [0.05, 0.1) is 19.1 Å². The molecular weight excluding hydrogens is 587 g/mol. The molecule has 5 rings (SSSR count). The van der Waals surface area contributed by atoms with E-state index in [2.05, 4.69) is 5.32 Å². The molecule has 0 radical (unpaired) electrons. The van der Waals surface area contributed by atoms with Crippen LogP contribution in [0.1, 0.15) is 50.9 Å². The van der Waals surface area contributed by atoms with E-state index in [1.165, 1.54) is 22.0 Å². The van der Waals surface area contributed by atoms with Crippen LogP contribution in [0.2, 0.25) is 0 Å². The average molecular weight is 633 g/mol. The number of anilines is 1. The Bertz CT molecular complexity index is 1520. The summed E-state index contributed by atoms with van der Waals surface area (Å²) in [6.07, 6.45) is -0.591. The molecule has 0 aromatic heterocycles. The SMILES string of the molecule is C.CCN(CC)c1cc(F)ccc1[C@H](C)N1C[C@H]2N(C(=O)CN(C)N2C(=O)NCc2ccccc2)[C@@H](Cc2ccc(O)cc2)C1=O. The molecule has 0 saturated carbocycles. The predicted octanol–water partition coefficient (Wildman–Crippen LogP) is 4.76. The van der Waals surface area contributed by atoms with E-state index in [1.54, 1.807) is 47.3 Å². The number of amides is 4. The van der Waals surface area contributed by atoms with E-state index in [-0.39, 0.29) is 56.3 Å². The summed E-state index contributed by atoms with van der Waals surface area (Å²) in [6.45, 7) is 7.49. The molecule has 2 fully saturated rings. The first-order valence-corrected chi connectivity index (χ1v) is 15.4. The summed E-state index contributed by atoms with van der Waals surface area (Å²) in [4.78, 5) is 47.2. The quantitative estimate of drug-likeness (QED) is 0.353. The first kappa shape index (κ1) is 34.2. The number of benzene rings is 3. The second-order valence-corrected chi connectivity index (χ2v) is 11.5. The maximum absolute atomic E-state index is 14.5. The fourth-order valence-corrected chi connectivity index (χ4v) is 6.40. The molecule has 4 amide bonds. The molecule has 0 unspecified atom stereocenters. The van der Waals surface area contributed by atoms with Crippen LogP contribution in [0.4, 0.5) is 14.9 Å². The Morgan fingerprint density at radius 1 is 1.02 bits per heavy atom. The number of urea groups is 1. The second kappa shape index (κ2) is 14.6. The highest BCUT2D eigenvalue weighted by Gasteiger charge is 2.51. The van der Waals surface area contributed by atoms with Crippen molar-refractivity contribution in [3.05, 3.63) is 95.3 Å². The molecule has 2 saturated heterocycles. The van der Waals surface area contributed by atoms with Gasteiger partial charge in [-0.1, -0.05) is 56.0 Å². The van der Waals surface area contributed by atoms with Crippen LogP contribution in [0.5, 0.6) is 5.75 Å². The van der Waals surface area contributed by atoms with Crippen molar-refractivity contribution in [2.75, 3.05) is 38.1 Å². The topological polar surface area (TPSA) is 99.7 Å². The highest BCUT2D eigenvalue weighted by Crippen LogP contribution is 2.36. The number of rotatable bonds is 9. The summed E-state index contributed by atoms with van der Waals surface area (Å²) in [5, 5.41) is 15.9. The van der Waals surface area contributed by atoms with Gasteiger partial charge in [-0.3, -0.25) is 9.59 Å². The number of carbonyl (C=O) groups is 3. The van der Waals surface area contributed by atoms with Crippen LogP contribution in [-0.2, 0) is 22.6 Å². The van der Waals surface area contributed by atoms with E-state index in [0.29, 0.717) is 25.3 Å². The van der Waals surface area contributed by atoms with Crippen molar-refractivity contribution in [2.24, 2.45) is 0 Å². The van der Waals surface area contributed by atoms with E-state index in [4.69, 9.17) is 0 Å². The average Bonchev–Trinajstić information content (AvgIpc) is 3.03. The smallest absolute Gasteiger partial charge is 0.334 e. The number of likely N-dealkylation sites (N-methyl/N-ethyl adjacent to an activating group) is 1. The van der Waals surface area contributed by atoms with Gasteiger partial charge in [0.1, 0.15) is 23.8 Å². The van der Waals surface area contributed by atoms with Gasteiger partial charge < -0.3 is 25.1 Å². The maximum Gasteiger partial charge on any atom is 0.334 e. The lowest BCUT2D eigenvalue weighted by molar-refractivity contribution is -0.189. The molecule has 2 heterocycles. The van der Waals surface area contributed by atoms with Gasteiger partial charge >= 0.3 is 6.03 Å². The van der Waals surface area contributed by atoms with Crippen LogP contribution in [0.15, 0.2) is 72.8 Å². The van der Waals surface area contributed by atoms with Crippen molar-refractivity contribution in [2.45, 2.75) is 59.4 Å². The Balaban J connectivity index is 0.00000480. The molecule has 46 heavy (non-hydrogen) atoms. The molecular formula is C35H45FN6O4. The lowest BCUT2D eigenvalue weighted by atomic mass is 9.95. The number of hydrogen-bond acceptors (Lipinski definition) is 6. The van der Waals surface area contributed by atoms with Crippen LogP contribution in [0.3, 0.4) is 0 Å². The summed E-state index contributed by atoms with van der Waals surface area (Å²) >= 11 is 0.